The molecule has 1 aromatic rings. The maximum Gasteiger partial charge on any atom is 0.410 e. The van der Waals surface area contributed by atoms with Gasteiger partial charge in [-0.05, 0) is 43.1 Å². The molecule has 3 aliphatic rings. The molecule has 1 aliphatic carbocycles. The van der Waals surface area contributed by atoms with E-state index in [0.29, 0.717) is 32.2 Å². The molecule has 30 heavy (non-hydrogen) atoms. The molecule has 3 amide bonds. The van der Waals surface area contributed by atoms with Gasteiger partial charge in [-0.2, -0.15) is 0 Å². The molecule has 0 unspecified atom stereocenters. The summed E-state index contributed by atoms with van der Waals surface area (Å²) in [5, 5.41) is 5.48. The fraction of sp³-hybridized carbons (Fsp3) is 0.545. The largest absolute Gasteiger partial charge is 0.445 e. The number of carbonyl (C=O) groups excluding carboxylic acids is 4. The van der Waals surface area contributed by atoms with E-state index in [-0.39, 0.29) is 36.2 Å². The molecule has 1 aromatic carbocycles. The van der Waals surface area contributed by atoms with E-state index in [1.165, 1.54) is 4.90 Å². The number of nitrogens with one attached hydrogen (secondary N) is 2. The lowest BCUT2D eigenvalue weighted by molar-refractivity contribution is -0.128. The van der Waals surface area contributed by atoms with Crippen LogP contribution in [0.15, 0.2) is 30.3 Å². The van der Waals surface area contributed by atoms with Crippen LogP contribution in [0.3, 0.4) is 0 Å². The average Bonchev–Trinajstić information content (AvgIpc) is 3.21. The lowest BCUT2D eigenvalue weighted by Gasteiger charge is -2.25. The van der Waals surface area contributed by atoms with E-state index < -0.39 is 18.2 Å². The minimum atomic E-state index is -0.746. The molecule has 1 saturated carbocycles. The second-order valence-electron chi connectivity index (χ2n) is 8.65. The normalized spacial score (nSPS) is 24.9. The zero-order chi connectivity index (χ0) is 21.1. The van der Waals surface area contributed by atoms with Crippen molar-refractivity contribution in [3.05, 3.63) is 35.9 Å². The number of ether oxygens (including phenoxy) is 1. The molecular formula is C22H27N3O5. The van der Waals surface area contributed by atoms with Crippen molar-refractivity contribution < 1.29 is 23.9 Å². The molecule has 3 fully saturated rings. The van der Waals surface area contributed by atoms with E-state index in [1.54, 1.807) is 0 Å². The first-order valence-electron chi connectivity index (χ1n) is 10.5. The number of aldehydes is 1. The third-order valence-electron chi connectivity index (χ3n) is 6.40. The van der Waals surface area contributed by atoms with Gasteiger partial charge in [0.05, 0.1) is 6.04 Å². The lowest BCUT2D eigenvalue weighted by Crippen LogP contribution is -2.49. The zero-order valence-corrected chi connectivity index (χ0v) is 16.8. The monoisotopic (exact) mass is 413 g/mol. The number of nitrogens with zero attached hydrogens (tertiary/aromatic N) is 1. The molecule has 0 bridgehead atoms. The Kier molecular flexibility index (Phi) is 5.74. The van der Waals surface area contributed by atoms with Crippen molar-refractivity contribution in [2.45, 2.75) is 50.8 Å². The van der Waals surface area contributed by atoms with Crippen LogP contribution in [-0.4, -0.2) is 54.3 Å². The molecule has 2 N–H and O–H groups in total. The second kappa shape index (κ2) is 8.45. The van der Waals surface area contributed by atoms with Crippen LogP contribution in [0.2, 0.25) is 0 Å². The van der Waals surface area contributed by atoms with Gasteiger partial charge in [-0.1, -0.05) is 30.3 Å². The van der Waals surface area contributed by atoms with Crippen LogP contribution in [0.25, 0.3) is 0 Å². The molecule has 1 spiro atoms. The van der Waals surface area contributed by atoms with E-state index in [2.05, 4.69) is 10.6 Å². The fourth-order valence-electron chi connectivity index (χ4n) is 4.43. The highest BCUT2D eigenvalue weighted by molar-refractivity contribution is 5.89. The molecule has 2 heterocycles. The van der Waals surface area contributed by atoms with Gasteiger partial charge in [0.25, 0.3) is 0 Å². The summed E-state index contributed by atoms with van der Waals surface area (Å²) >= 11 is 0. The summed E-state index contributed by atoms with van der Waals surface area (Å²) < 4.78 is 5.45. The summed E-state index contributed by atoms with van der Waals surface area (Å²) in [5.74, 6) is -0.711. The van der Waals surface area contributed by atoms with E-state index >= 15 is 0 Å². The predicted molar refractivity (Wildman–Crippen MR) is 107 cm³/mol. The molecule has 2 aliphatic heterocycles. The molecule has 160 valence electrons. The average molecular weight is 413 g/mol. The molecular weight excluding hydrogens is 386 g/mol. The smallest absolute Gasteiger partial charge is 0.410 e. The summed E-state index contributed by atoms with van der Waals surface area (Å²) in [6, 6.07) is 7.98. The van der Waals surface area contributed by atoms with Crippen LogP contribution in [0.1, 0.15) is 37.7 Å². The van der Waals surface area contributed by atoms with Crippen LogP contribution in [0.4, 0.5) is 4.79 Å². The number of hydrogen-bond acceptors (Lipinski definition) is 5. The Labute approximate surface area is 175 Å². The van der Waals surface area contributed by atoms with Gasteiger partial charge in [0, 0.05) is 19.0 Å². The topological polar surface area (TPSA) is 105 Å². The number of rotatable bonds is 7. The lowest BCUT2D eigenvalue weighted by atomic mass is 9.98. The number of likely N-dealkylation sites (tertiary alicyclic amines) is 1. The van der Waals surface area contributed by atoms with Crippen molar-refractivity contribution in [2.24, 2.45) is 11.3 Å². The van der Waals surface area contributed by atoms with Crippen LogP contribution >= 0.6 is 0 Å². The third-order valence-corrected chi connectivity index (χ3v) is 6.40. The van der Waals surface area contributed by atoms with Crippen molar-refractivity contribution >= 4 is 24.2 Å². The Balaban J connectivity index is 1.37. The van der Waals surface area contributed by atoms with Gasteiger partial charge >= 0.3 is 6.09 Å². The fourth-order valence-corrected chi connectivity index (χ4v) is 4.43. The molecule has 2 saturated heterocycles. The van der Waals surface area contributed by atoms with E-state index in [9.17, 15) is 19.2 Å². The minimum absolute atomic E-state index is 0.00418. The van der Waals surface area contributed by atoms with Gasteiger partial charge in [-0.3, -0.25) is 14.5 Å². The van der Waals surface area contributed by atoms with Gasteiger partial charge in [0.2, 0.25) is 11.8 Å². The Morgan fingerprint density at radius 1 is 1.30 bits per heavy atom. The molecule has 0 radical (unpaired) electrons. The molecule has 3 atom stereocenters. The highest BCUT2D eigenvalue weighted by Crippen LogP contribution is 2.54. The van der Waals surface area contributed by atoms with Gasteiger partial charge in [0.1, 0.15) is 18.9 Å². The van der Waals surface area contributed by atoms with Crippen LogP contribution in [0, 0.1) is 11.3 Å². The summed E-state index contributed by atoms with van der Waals surface area (Å²) in [6.07, 6.45) is 3.64. The van der Waals surface area contributed by atoms with Crippen LogP contribution < -0.4 is 10.6 Å². The SMILES string of the molecule is O=C[C@H](C[C@@H]1CCNC1=O)NC(=O)[C@@H]1CC2(CC2)CN1C(=O)OCc1ccccc1. The van der Waals surface area contributed by atoms with Crippen molar-refractivity contribution in [2.75, 3.05) is 13.1 Å². The van der Waals surface area contributed by atoms with E-state index in [1.807, 2.05) is 30.3 Å². The Hall–Kier alpha value is -2.90. The second-order valence-corrected chi connectivity index (χ2v) is 8.65. The summed E-state index contributed by atoms with van der Waals surface area (Å²) in [6.45, 7) is 1.23. The van der Waals surface area contributed by atoms with Crippen molar-refractivity contribution in [1.82, 2.24) is 15.5 Å². The predicted octanol–water partition coefficient (Wildman–Crippen LogP) is 1.39. The van der Waals surface area contributed by atoms with Gasteiger partial charge in [-0.25, -0.2) is 4.79 Å². The van der Waals surface area contributed by atoms with Crippen molar-refractivity contribution in [3.63, 3.8) is 0 Å². The first-order chi connectivity index (χ1) is 14.5. The first-order valence-corrected chi connectivity index (χ1v) is 10.5. The summed E-state index contributed by atoms with van der Waals surface area (Å²) in [4.78, 5) is 50.5. The van der Waals surface area contributed by atoms with Crippen LogP contribution in [0.5, 0.6) is 0 Å². The highest BCUT2D eigenvalue weighted by atomic mass is 16.6. The van der Waals surface area contributed by atoms with E-state index in [0.717, 1.165) is 18.4 Å². The van der Waals surface area contributed by atoms with E-state index in [4.69, 9.17) is 4.74 Å². The summed E-state index contributed by atoms with van der Waals surface area (Å²) in [5.41, 5.74) is 0.874. The standard InChI is InChI=1S/C22H27N3O5/c26-12-17(10-16-6-9-23-19(16)27)24-20(28)18-11-22(7-8-22)14-25(18)21(29)30-13-15-4-2-1-3-5-15/h1-5,12,16-18H,6-11,13-14H2,(H,23,27)(H,24,28)/t16-,17-,18-/m0/s1. The Bertz CT molecular complexity index is 823. The maximum atomic E-state index is 13.0. The highest BCUT2D eigenvalue weighted by Gasteiger charge is 2.55. The zero-order valence-electron chi connectivity index (χ0n) is 16.8. The Morgan fingerprint density at radius 3 is 2.70 bits per heavy atom. The number of benzene rings is 1. The van der Waals surface area contributed by atoms with Crippen molar-refractivity contribution in [3.8, 4) is 0 Å². The van der Waals surface area contributed by atoms with Gasteiger partial charge in [0.15, 0.2) is 0 Å². The number of carbonyl (C=O) groups is 4. The minimum Gasteiger partial charge on any atom is -0.445 e. The Morgan fingerprint density at radius 2 is 2.07 bits per heavy atom. The molecule has 8 heteroatoms. The van der Waals surface area contributed by atoms with Crippen molar-refractivity contribution in [1.29, 1.82) is 0 Å². The third kappa shape index (κ3) is 4.47. The summed E-state index contributed by atoms with van der Waals surface area (Å²) in [7, 11) is 0. The number of hydrogen-bond donors (Lipinski definition) is 2. The molecule has 0 aromatic heterocycles. The maximum absolute atomic E-state index is 13.0. The first kappa shape index (κ1) is 20.4. The van der Waals surface area contributed by atoms with Crippen LogP contribution in [-0.2, 0) is 25.7 Å². The quantitative estimate of drug-likeness (QED) is 0.658. The van der Waals surface area contributed by atoms with Gasteiger partial charge in [-0.15, -0.1) is 0 Å². The van der Waals surface area contributed by atoms with Gasteiger partial charge < -0.3 is 20.2 Å². The molecule has 4 rings (SSSR count). The number of amides is 3. The molecule has 8 nitrogen and oxygen atoms in total.